The summed E-state index contributed by atoms with van der Waals surface area (Å²) in [7, 11) is 0. The van der Waals surface area contributed by atoms with Gasteiger partial charge in [0.15, 0.2) is 5.78 Å². The van der Waals surface area contributed by atoms with Crippen LogP contribution in [0.1, 0.15) is 33.7 Å². The van der Waals surface area contributed by atoms with Gasteiger partial charge in [-0.1, -0.05) is 72.8 Å². The van der Waals surface area contributed by atoms with E-state index < -0.39 is 0 Å². The zero-order valence-corrected chi connectivity index (χ0v) is 15.9. The van der Waals surface area contributed by atoms with E-state index in [0.717, 1.165) is 11.3 Å². The Labute approximate surface area is 163 Å². The molecule has 27 heavy (non-hydrogen) atoms. The van der Waals surface area contributed by atoms with Gasteiger partial charge in [-0.3, -0.25) is 9.59 Å². The molecule has 1 N–H and O–H groups in total. The molecule has 0 aliphatic rings. The van der Waals surface area contributed by atoms with Crippen LogP contribution in [0.5, 0.6) is 0 Å². The van der Waals surface area contributed by atoms with Gasteiger partial charge in [0.25, 0.3) is 0 Å². The summed E-state index contributed by atoms with van der Waals surface area (Å²) in [4.78, 5) is 24.6. The van der Waals surface area contributed by atoms with Crippen molar-refractivity contribution in [2.45, 2.75) is 17.9 Å². The minimum absolute atomic E-state index is 0.0239. The highest BCUT2D eigenvalue weighted by Crippen LogP contribution is 2.33. The second-order valence-corrected chi connectivity index (χ2v) is 7.31. The first-order valence-corrected chi connectivity index (χ1v) is 9.81. The van der Waals surface area contributed by atoms with Crippen LogP contribution in [0.15, 0.2) is 84.9 Å². The molecule has 0 bridgehead atoms. The number of hydrogen-bond acceptors (Lipinski definition) is 3. The molecule has 0 aromatic heterocycles. The molecular formula is C23H21NO2S. The zero-order valence-electron chi connectivity index (χ0n) is 15.1. The fourth-order valence-corrected chi connectivity index (χ4v) is 3.84. The number of Topliss-reactive ketones (excluding diaryl/α,β-unsaturated/α-hetero) is 1. The number of thioether (sulfide) groups is 1. The molecule has 3 rings (SSSR count). The molecule has 0 heterocycles. The number of benzene rings is 3. The van der Waals surface area contributed by atoms with Gasteiger partial charge in [0, 0.05) is 17.0 Å². The van der Waals surface area contributed by atoms with Crippen LogP contribution in [-0.4, -0.2) is 11.7 Å². The molecule has 1 atom stereocenters. The third kappa shape index (κ3) is 5.31. The monoisotopic (exact) mass is 375 g/mol. The van der Waals surface area contributed by atoms with Crippen molar-refractivity contribution in [2.75, 3.05) is 5.32 Å². The zero-order chi connectivity index (χ0) is 19.1. The van der Waals surface area contributed by atoms with Crippen molar-refractivity contribution in [2.24, 2.45) is 0 Å². The molecular weight excluding hydrogens is 354 g/mol. The molecule has 4 heteroatoms. The number of amides is 1. The van der Waals surface area contributed by atoms with E-state index in [-0.39, 0.29) is 16.9 Å². The summed E-state index contributed by atoms with van der Waals surface area (Å²) < 4.78 is 0. The third-order valence-electron chi connectivity index (χ3n) is 4.14. The maximum atomic E-state index is 13.0. The van der Waals surface area contributed by atoms with E-state index >= 15 is 0 Å². The average molecular weight is 375 g/mol. The predicted octanol–water partition coefficient (Wildman–Crippen LogP) is 5.50. The smallest absolute Gasteiger partial charge is 0.242 e. The molecule has 0 radical (unpaired) electrons. The molecule has 3 aromatic rings. The van der Waals surface area contributed by atoms with Crippen LogP contribution >= 0.6 is 11.8 Å². The number of nitrogens with one attached hydrogen (secondary N) is 1. The highest BCUT2D eigenvalue weighted by molar-refractivity contribution is 7.99. The summed E-state index contributed by atoms with van der Waals surface area (Å²) in [6, 6.07) is 26.9. The Kier molecular flexibility index (Phi) is 6.44. The maximum absolute atomic E-state index is 13.0. The van der Waals surface area contributed by atoms with Gasteiger partial charge >= 0.3 is 0 Å². The fraction of sp³-hybridized carbons (Fsp3) is 0.130. The van der Waals surface area contributed by atoms with Crippen molar-refractivity contribution < 1.29 is 9.59 Å². The third-order valence-corrected chi connectivity index (χ3v) is 5.46. The van der Waals surface area contributed by atoms with Gasteiger partial charge in [0.2, 0.25) is 5.91 Å². The predicted molar refractivity (Wildman–Crippen MR) is 112 cm³/mol. The van der Waals surface area contributed by atoms with Crippen molar-refractivity contribution in [3.63, 3.8) is 0 Å². The van der Waals surface area contributed by atoms with Crippen LogP contribution in [0.2, 0.25) is 0 Å². The van der Waals surface area contributed by atoms with Crippen LogP contribution in [0.3, 0.4) is 0 Å². The van der Waals surface area contributed by atoms with Gasteiger partial charge in [0.1, 0.15) is 5.25 Å². The molecule has 0 unspecified atom stereocenters. The molecule has 0 aliphatic heterocycles. The first-order chi connectivity index (χ1) is 13.1. The van der Waals surface area contributed by atoms with Gasteiger partial charge in [0.05, 0.1) is 0 Å². The van der Waals surface area contributed by atoms with Crippen LogP contribution in [0, 0.1) is 0 Å². The number of rotatable bonds is 7. The molecule has 0 saturated heterocycles. The van der Waals surface area contributed by atoms with Crippen LogP contribution in [0.4, 0.5) is 5.69 Å². The second kappa shape index (κ2) is 9.19. The quantitative estimate of drug-likeness (QED) is 0.555. The van der Waals surface area contributed by atoms with E-state index in [4.69, 9.17) is 0 Å². The number of hydrogen-bond donors (Lipinski definition) is 1. The summed E-state index contributed by atoms with van der Waals surface area (Å²) >= 11 is 1.59. The molecule has 0 spiro atoms. The normalized spacial score (nSPS) is 11.6. The summed E-state index contributed by atoms with van der Waals surface area (Å²) in [5, 5.41) is 2.62. The maximum Gasteiger partial charge on any atom is 0.242 e. The number of carbonyl (C=O) groups is 2. The summed E-state index contributed by atoms with van der Waals surface area (Å²) in [6.45, 7) is 1.52. The Morgan fingerprint density at radius 2 is 1.56 bits per heavy atom. The van der Waals surface area contributed by atoms with Gasteiger partial charge < -0.3 is 5.32 Å². The Morgan fingerprint density at radius 3 is 2.22 bits per heavy atom. The molecule has 1 amide bonds. The lowest BCUT2D eigenvalue weighted by atomic mass is 10.1. The van der Waals surface area contributed by atoms with E-state index in [1.165, 1.54) is 12.5 Å². The van der Waals surface area contributed by atoms with E-state index in [1.807, 2.05) is 48.5 Å². The van der Waals surface area contributed by atoms with Gasteiger partial charge in [-0.05, 0) is 30.2 Å². The number of carbonyl (C=O) groups excluding carboxylic acids is 2. The van der Waals surface area contributed by atoms with Crippen molar-refractivity contribution in [1.29, 1.82) is 0 Å². The van der Waals surface area contributed by atoms with E-state index in [1.54, 1.807) is 36.0 Å². The van der Waals surface area contributed by atoms with Crippen molar-refractivity contribution >= 4 is 29.1 Å². The van der Waals surface area contributed by atoms with Gasteiger partial charge in [-0.15, -0.1) is 11.8 Å². The second-order valence-electron chi connectivity index (χ2n) is 6.21. The van der Waals surface area contributed by atoms with Crippen molar-refractivity contribution in [3.8, 4) is 0 Å². The van der Waals surface area contributed by atoms with E-state index in [2.05, 4.69) is 17.4 Å². The Balaban J connectivity index is 1.78. The lowest BCUT2D eigenvalue weighted by Gasteiger charge is -2.17. The van der Waals surface area contributed by atoms with Crippen LogP contribution < -0.4 is 5.32 Å². The standard InChI is InChI=1S/C23H21NO2S/c1-17(25)20-13-8-14-21(15-20)24-23(26)22(19-11-6-3-7-12-19)27-16-18-9-4-2-5-10-18/h2-15,22H,16H2,1H3,(H,24,26)/t22-/m1/s1. The highest BCUT2D eigenvalue weighted by Gasteiger charge is 2.21. The SMILES string of the molecule is CC(=O)c1cccc(NC(=O)[C@H](SCc2ccccc2)c2ccccc2)c1. The Bertz CT molecular complexity index is 910. The molecule has 0 fully saturated rings. The first kappa shape index (κ1) is 18.9. The molecule has 3 nitrogen and oxygen atoms in total. The largest absolute Gasteiger partial charge is 0.325 e. The van der Waals surface area contributed by atoms with Crippen molar-refractivity contribution in [1.82, 2.24) is 0 Å². The first-order valence-electron chi connectivity index (χ1n) is 8.76. The van der Waals surface area contributed by atoms with Crippen LogP contribution in [0.25, 0.3) is 0 Å². The van der Waals surface area contributed by atoms with E-state index in [9.17, 15) is 9.59 Å². The minimum Gasteiger partial charge on any atom is -0.325 e. The Morgan fingerprint density at radius 1 is 0.889 bits per heavy atom. The summed E-state index contributed by atoms with van der Waals surface area (Å²) in [5.41, 5.74) is 3.35. The molecule has 136 valence electrons. The number of anilines is 1. The Hall–Kier alpha value is -2.85. The van der Waals surface area contributed by atoms with E-state index in [0.29, 0.717) is 11.3 Å². The fourth-order valence-electron chi connectivity index (χ4n) is 2.73. The summed E-state index contributed by atoms with van der Waals surface area (Å²) in [5.74, 6) is 0.619. The number of ketones is 1. The highest BCUT2D eigenvalue weighted by atomic mass is 32.2. The molecule has 3 aromatic carbocycles. The molecule has 0 saturated carbocycles. The van der Waals surface area contributed by atoms with Crippen LogP contribution in [-0.2, 0) is 10.5 Å². The lowest BCUT2D eigenvalue weighted by Crippen LogP contribution is -2.19. The lowest BCUT2D eigenvalue weighted by molar-refractivity contribution is -0.115. The summed E-state index contributed by atoms with van der Waals surface area (Å²) in [6.07, 6.45) is 0. The van der Waals surface area contributed by atoms with Crippen molar-refractivity contribution in [3.05, 3.63) is 102 Å². The average Bonchev–Trinajstić information content (AvgIpc) is 2.70. The topological polar surface area (TPSA) is 46.2 Å². The van der Waals surface area contributed by atoms with Gasteiger partial charge in [-0.25, -0.2) is 0 Å². The van der Waals surface area contributed by atoms with Gasteiger partial charge in [-0.2, -0.15) is 0 Å². The molecule has 0 aliphatic carbocycles. The minimum atomic E-state index is -0.340.